The number of hydrogen-bond donors (Lipinski definition) is 4. The first-order valence-corrected chi connectivity index (χ1v) is 9.81. The SMILES string of the molecule is O=C(O)CCCCCC[C@@H]1[C@@H](CCC(O)C=Nc2ccco2)[C@H](O)C[C@@H]1O. The highest BCUT2D eigenvalue weighted by atomic mass is 16.4. The second-order valence-corrected chi connectivity index (χ2v) is 7.42. The molecule has 1 aliphatic carbocycles. The third kappa shape index (κ3) is 7.44. The molecule has 0 aromatic carbocycles. The second kappa shape index (κ2) is 11.2. The summed E-state index contributed by atoms with van der Waals surface area (Å²) in [5.41, 5.74) is 0. The van der Waals surface area contributed by atoms with Gasteiger partial charge in [0.15, 0.2) is 0 Å². The molecule has 7 heteroatoms. The van der Waals surface area contributed by atoms with Gasteiger partial charge in [0.05, 0.1) is 24.6 Å². The number of aliphatic carboxylic acids is 1. The van der Waals surface area contributed by atoms with Gasteiger partial charge in [-0.05, 0) is 50.0 Å². The summed E-state index contributed by atoms with van der Waals surface area (Å²) < 4.78 is 5.08. The molecule has 0 spiro atoms. The number of carboxylic acid groups (broad SMARTS) is 1. The van der Waals surface area contributed by atoms with Crippen molar-refractivity contribution in [1.29, 1.82) is 0 Å². The van der Waals surface area contributed by atoms with E-state index in [9.17, 15) is 20.1 Å². The van der Waals surface area contributed by atoms with Crippen molar-refractivity contribution < 1.29 is 29.6 Å². The molecule has 5 atom stereocenters. The maximum absolute atomic E-state index is 10.5. The zero-order valence-corrected chi connectivity index (χ0v) is 15.6. The molecule has 1 unspecified atom stereocenters. The van der Waals surface area contributed by atoms with Crippen LogP contribution in [0, 0.1) is 11.8 Å². The fourth-order valence-electron chi connectivity index (χ4n) is 3.93. The Kier molecular flexibility index (Phi) is 8.97. The standard InChI is InChI=1S/C20H31NO6/c22-14(13-21-19-7-5-11-27-19)9-10-16-15(17(23)12-18(16)24)6-3-1-2-4-8-20(25)26/h5,7,11,13-18,22-24H,1-4,6,8-10,12H2,(H,25,26)/t14?,15-,16-,17+,18-/m1/s1. The van der Waals surface area contributed by atoms with Crippen molar-refractivity contribution in [3.63, 3.8) is 0 Å². The lowest BCUT2D eigenvalue weighted by molar-refractivity contribution is -0.137. The number of carboxylic acids is 1. The number of rotatable bonds is 12. The Balaban J connectivity index is 1.72. The Morgan fingerprint density at radius 1 is 1.19 bits per heavy atom. The molecule has 1 heterocycles. The van der Waals surface area contributed by atoms with Gasteiger partial charge in [-0.3, -0.25) is 4.79 Å². The fourth-order valence-corrected chi connectivity index (χ4v) is 3.93. The van der Waals surface area contributed by atoms with Gasteiger partial charge in [0.25, 0.3) is 0 Å². The molecule has 27 heavy (non-hydrogen) atoms. The van der Waals surface area contributed by atoms with E-state index in [1.807, 2.05) is 0 Å². The number of aliphatic imine (C=N–C) groups is 1. The lowest BCUT2D eigenvalue weighted by Gasteiger charge is -2.24. The van der Waals surface area contributed by atoms with E-state index in [-0.39, 0.29) is 18.3 Å². The van der Waals surface area contributed by atoms with Gasteiger partial charge in [0, 0.05) is 18.7 Å². The first-order chi connectivity index (χ1) is 13.0. The summed E-state index contributed by atoms with van der Waals surface area (Å²) in [6.45, 7) is 0. The lowest BCUT2D eigenvalue weighted by Crippen LogP contribution is -2.24. The molecule has 2 rings (SSSR count). The zero-order valence-electron chi connectivity index (χ0n) is 15.6. The van der Waals surface area contributed by atoms with Crippen molar-refractivity contribution in [2.45, 2.75) is 76.1 Å². The van der Waals surface area contributed by atoms with Crippen LogP contribution in [0.3, 0.4) is 0 Å². The number of nitrogens with zero attached hydrogens (tertiary/aromatic N) is 1. The van der Waals surface area contributed by atoms with Crippen LogP contribution in [-0.2, 0) is 4.79 Å². The number of aliphatic hydroxyl groups is 3. The Bertz CT molecular complexity index is 573. The van der Waals surface area contributed by atoms with Crippen LogP contribution < -0.4 is 0 Å². The topological polar surface area (TPSA) is 123 Å². The molecule has 1 aliphatic rings. The highest BCUT2D eigenvalue weighted by Gasteiger charge is 2.40. The summed E-state index contributed by atoms with van der Waals surface area (Å²) in [5, 5.41) is 39.3. The summed E-state index contributed by atoms with van der Waals surface area (Å²) in [6.07, 6.45) is 7.02. The number of unbranched alkanes of at least 4 members (excludes halogenated alkanes) is 3. The maximum atomic E-state index is 10.5. The van der Waals surface area contributed by atoms with Crippen molar-refractivity contribution in [2.75, 3.05) is 0 Å². The van der Waals surface area contributed by atoms with Gasteiger partial charge in [0.1, 0.15) is 0 Å². The van der Waals surface area contributed by atoms with Crippen molar-refractivity contribution in [3.8, 4) is 0 Å². The van der Waals surface area contributed by atoms with Crippen LogP contribution in [0.1, 0.15) is 57.8 Å². The van der Waals surface area contributed by atoms with E-state index in [0.717, 1.165) is 25.7 Å². The van der Waals surface area contributed by atoms with Gasteiger partial charge in [-0.2, -0.15) is 0 Å². The minimum Gasteiger partial charge on any atom is -0.481 e. The van der Waals surface area contributed by atoms with Crippen molar-refractivity contribution in [2.24, 2.45) is 16.8 Å². The number of furan rings is 1. The highest BCUT2D eigenvalue weighted by molar-refractivity contribution is 5.66. The Labute approximate surface area is 159 Å². The van der Waals surface area contributed by atoms with Gasteiger partial charge in [-0.1, -0.05) is 19.3 Å². The van der Waals surface area contributed by atoms with Gasteiger partial charge < -0.3 is 24.8 Å². The minimum atomic E-state index is -0.765. The van der Waals surface area contributed by atoms with E-state index < -0.39 is 24.3 Å². The van der Waals surface area contributed by atoms with E-state index in [2.05, 4.69) is 4.99 Å². The van der Waals surface area contributed by atoms with Crippen LogP contribution in [0.25, 0.3) is 0 Å². The molecule has 0 amide bonds. The summed E-state index contributed by atoms with van der Waals surface area (Å²) in [4.78, 5) is 14.6. The molecule has 152 valence electrons. The van der Waals surface area contributed by atoms with Crippen LogP contribution >= 0.6 is 0 Å². The summed E-state index contributed by atoms with van der Waals surface area (Å²) in [6, 6.07) is 3.42. The first kappa shape index (κ1) is 21.6. The second-order valence-electron chi connectivity index (χ2n) is 7.42. The average Bonchev–Trinajstić information content (AvgIpc) is 3.22. The summed E-state index contributed by atoms with van der Waals surface area (Å²) >= 11 is 0. The molecular weight excluding hydrogens is 350 g/mol. The van der Waals surface area contributed by atoms with Crippen LogP contribution in [0.2, 0.25) is 0 Å². The number of carbonyl (C=O) groups is 1. The molecule has 1 aromatic rings. The Morgan fingerprint density at radius 2 is 1.89 bits per heavy atom. The summed E-state index contributed by atoms with van der Waals surface area (Å²) in [5.74, 6) is -0.343. The van der Waals surface area contributed by atoms with E-state index >= 15 is 0 Å². The van der Waals surface area contributed by atoms with Crippen LogP contribution in [0.15, 0.2) is 27.8 Å². The molecule has 4 N–H and O–H groups in total. The average molecular weight is 381 g/mol. The lowest BCUT2D eigenvalue weighted by atomic mass is 9.85. The quantitative estimate of drug-likeness (QED) is 0.326. The molecule has 0 saturated heterocycles. The van der Waals surface area contributed by atoms with Gasteiger partial charge >= 0.3 is 5.97 Å². The molecule has 0 bridgehead atoms. The first-order valence-electron chi connectivity index (χ1n) is 9.81. The summed E-state index contributed by atoms with van der Waals surface area (Å²) in [7, 11) is 0. The predicted molar refractivity (Wildman–Crippen MR) is 101 cm³/mol. The molecule has 1 saturated carbocycles. The van der Waals surface area contributed by atoms with Crippen LogP contribution in [0.4, 0.5) is 5.88 Å². The molecule has 7 nitrogen and oxygen atoms in total. The number of hydrogen-bond acceptors (Lipinski definition) is 6. The van der Waals surface area contributed by atoms with Gasteiger partial charge in [0.2, 0.25) is 5.88 Å². The van der Waals surface area contributed by atoms with Gasteiger partial charge in [-0.15, -0.1) is 0 Å². The van der Waals surface area contributed by atoms with E-state index in [1.165, 1.54) is 12.5 Å². The van der Waals surface area contributed by atoms with E-state index in [4.69, 9.17) is 9.52 Å². The van der Waals surface area contributed by atoms with Crippen LogP contribution in [-0.4, -0.2) is 50.9 Å². The van der Waals surface area contributed by atoms with Crippen molar-refractivity contribution in [3.05, 3.63) is 18.4 Å². The monoisotopic (exact) mass is 381 g/mol. The van der Waals surface area contributed by atoms with Gasteiger partial charge in [-0.25, -0.2) is 4.99 Å². The predicted octanol–water partition coefficient (Wildman–Crippen LogP) is 2.91. The Hall–Kier alpha value is -1.70. The number of aliphatic hydroxyl groups excluding tert-OH is 3. The van der Waals surface area contributed by atoms with Crippen LogP contribution in [0.5, 0.6) is 0 Å². The van der Waals surface area contributed by atoms with E-state index in [0.29, 0.717) is 31.6 Å². The molecule has 0 aliphatic heterocycles. The normalized spacial score (nSPS) is 26.6. The zero-order chi connectivity index (χ0) is 19.6. The Morgan fingerprint density at radius 3 is 2.56 bits per heavy atom. The maximum Gasteiger partial charge on any atom is 0.303 e. The molecular formula is C20H31NO6. The third-order valence-electron chi connectivity index (χ3n) is 5.38. The minimum absolute atomic E-state index is 0.0219. The fraction of sp³-hybridized carbons (Fsp3) is 0.700. The molecule has 1 fully saturated rings. The van der Waals surface area contributed by atoms with E-state index in [1.54, 1.807) is 12.1 Å². The molecule has 1 aromatic heterocycles. The smallest absolute Gasteiger partial charge is 0.303 e. The van der Waals surface area contributed by atoms with Crippen molar-refractivity contribution in [1.82, 2.24) is 0 Å². The van der Waals surface area contributed by atoms with Crippen molar-refractivity contribution >= 4 is 18.1 Å². The third-order valence-corrected chi connectivity index (χ3v) is 5.38. The highest BCUT2D eigenvalue weighted by Crippen LogP contribution is 2.39. The molecule has 0 radical (unpaired) electrons. The largest absolute Gasteiger partial charge is 0.481 e.